The molecule has 516 valence electrons. The van der Waals surface area contributed by atoms with Crippen LogP contribution in [0.4, 0.5) is 0 Å². The van der Waals surface area contributed by atoms with Gasteiger partial charge in [-0.05, 0) is 188 Å². The standard InChI is InChI=1S/C99H67N7O2S/c1-106-89(64-40-32-60(33-41-64)70-46-49-79-86(54-70)104-95(65-18-4-2-5-19-65)97-93(79)80-25-9-11-31-91(80)108-97)59-84(105-99(106)67-20-6-3-7-21-67)63-38-36-62(37-39-63)75-26-17-27-78-77-48-45-72(58-92(77)109-98(75)78)61-34-42-66(43-35-61)94-96-81(53-73-22-8-10-30-90(73)107-96)76-47-44-71(55-85(76)103-94)68-23-16-24-69(52-68)74-56-87(82-28-12-14-50-100-82)102-88(57-74)83-29-13-15-51-101-83/h2-32,34-40,42-45,47-48,50-52,54-59,99H,33,41,46,49,53H2,1H3. The molecule has 0 saturated heterocycles. The van der Waals surface area contributed by atoms with E-state index in [0.29, 0.717) is 0 Å². The van der Waals surface area contributed by atoms with Crippen LogP contribution in [0.2, 0.25) is 0 Å². The lowest BCUT2D eigenvalue weighted by Gasteiger charge is -2.35. The average molecular weight is 1420 g/mol. The third-order valence-corrected chi connectivity index (χ3v) is 23.4. The van der Waals surface area contributed by atoms with E-state index in [4.69, 9.17) is 29.1 Å². The summed E-state index contributed by atoms with van der Waals surface area (Å²) in [6, 6.07) is 101. The summed E-state index contributed by atoms with van der Waals surface area (Å²) in [4.78, 5) is 33.2. The molecule has 10 aromatic carbocycles. The number of hydrogen-bond donors (Lipinski definition) is 0. The second-order valence-corrected chi connectivity index (χ2v) is 29.7. The van der Waals surface area contributed by atoms with Crippen LogP contribution in [-0.4, -0.2) is 42.6 Å². The normalized spacial score (nSPS) is 14.7. The summed E-state index contributed by atoms with van der Waals surface area (Å²) < 4.78 is 16.0. The summed E-state index contributed by atoms with van der Waals surface area (Å²) in [5, 5.41) is 5.92. The number of likely N-dealkylation sites (N-methyl/N-ethyl adjacent to an activating group) is 1. The van der Waals surface area contributed by atoms with E-state index in [1.54, 1.807) is 12.4 Å². The van der Waals surface area contributed by atoms with E-state index in [1.807, 2.05) is 59.9 Å². The van der Waals surface area contributed by atoms with Crippen molar-refractivity contribution in [2.75, 3.05) is 7.05 Å². The number of fused-ring (bicyclic) bond motifs is 12. The first-order valence-electron chi connectivity index (χ1n) is 37.3. The first-order valence-corrected chi connectivity index (χ1v) is 38.1. The molecule has 0 bridgehead atoms. The molecular weight excluding hydrogens is 1350 g/mol. The van der Waals surface area contributed by atoms with E-state index in [0.717, 1.165) is 183 Å². The van der Waals surface area contributed by atoms with Crippen LogP contribution in [0.5, 0.6) is 11.5 Å². The minimum absolute atomic E-state index is 0.191. The molecule has 2 aliphatic heterocycles. The van der Waals surface area contributed by atoms with Gasteiger partial charge >= 0.3 is 0 Å². The number of rotatable bonds is 12. The lowest BCUT2D eigenvalue weighted by molar-refractivity contribution is 0.318. The van der Waals surface area contributed by atoms with Crippen LogP contribution < -0.4 is 4.74 Å². The number of aliphatic imine (C=N–C) groups is 1. The van der Waals surface area contributed by atoms with Gasteiger partial charge in [-0.3, -0.25) is 15.0 Å². The number of allylic oxidation sites excluding steroid dienone is 6. The molecule has 4 aliphatic rings. The average Bonchev–Trinajstić information content (AvgIpc) is 1.74. The van der Waals surface area contributed by atoms with Gasteiger partial charge in [-0.25, -0.2) is 15.0 Å². The number of benzene rings is 10. The van der Waals surface area contributed by atoms with Crippen molar-refractivity contribution in [1.29, 1.82) is 0 Å². The summed E-state index contributed by atoms with van der Waals surface area (Å²) in [6.45, 7) is 0. The topological polar surface area (TPSA) is 102 Å². The molecule has 10 heteroatoms. The summed E-state index contributed by atoms with van der Waals surface area (Å²) in [6.07, 6.45) is 17.3. The van der Waals surface area contributed by atoms with Crippen molar-refractivity contribution < 1.29 is 9.15 Å². The molecule has 0 amide bonds. The zero-order chi connectivity index (χ0) is 72.0. The maximum atomic E-state index is 6.90. The molecule has 9 nitrogen and oxygen atoms in total. The van der Waals surface area contributed by atoms with Crippen LogP contribution in [-0.2, 0) is 12.8 Å². The second kappa shape index (κ2) is 26.5. The zero-order valence-electron chi connectivity index (χ0n) is 59.6. The smallest absolute Gasteiger partial charge is 0.162 e. The number of nitrogens with zero attached hydrogens (tertiary/aromatic N) is 7. The number of ether oxygens (including phenoxy) is 1. The molecule has 0 radical (unpaired) electrons. The van der Waals surface area contributed by atoms with Gasteiger partial charge in [0.25, 0.3) is 0 Å². The van der Waals surface area contributed by atoms with Crippen molar-refractivity contribution in [3.05, 3.63) is 372 Å². The maximum Gasteiger partial charge on any atom is 0.162 e. The highest BCUT2D eigenvalue weighted by Gasteiger charge is 2.31. The SMILES string of the molecule is CN1C(C2=CC=C(C3=Cc4nc(-c5ccccc5)c5oc6ccccc6c5c4CC3)CC2)=CC(c2ccc(-c3cccc4c3sc3cc(-c5ccc(-c6nc7cc(-c8cccc(-c9cc(-c%10ccccn%10)nc(-c%10ccccn%10)c9)c8)ccc7c7c6Oc6ccccc6C7)cc5)ccc34)cc2)=NC1c1ccccc1. The number of hydrogen-bond acceptors (Lipinski definition) is 10. The minimum Gasteiger partial charge on any atom is -0.454 e. The maximum absolute atomic E-state index is 6.90. The number of aryl methyl sites for hydroxylation is 1. The van der Waals surface area contributed by atoms with Gasteiger partial charge < -0.3 is 14.1 Å². The van der Waals surface area contributed by atoms with E-state index in [2.05, 4.69) is 283 Å². The van der Waals surface area contributed by atoms with E-state index in [-0.39, 0.29) is 6.17 Å². The van der Waals surface area contributed by atoms with Crippen molar-refractivity contribution in [3.63, 3.8) is 0 Å². The summed E-state index contributed by atoms with van der Waals surface area (Å²) in [7, 11) is 2.19. The lowest BCUT2D eigenvalue weighted by Crippen LogP contribution is -2.29. The molecule has 2 aliphatic carbocycles. The van der Waals surface area contributed by atoms with E-state index < -0.39 is 0 Å². The van der Waals surface area contributed by atoms with Gasteiger partial charge in [0, 0.05) is 84.6 Å². The summed E-state index contributed by atoms with van der Waals surface area (Å²) in [5.74, 6) is 1.67. The van der Waals surface area contributed by atoms with Crippen LogP contribution in [0.1, 0.15) is 58.9 Å². The van der Waals surface area contributed by atoms with Crippen LogP contribution in [0.25, 0.3) is 149 Å². The molecule has 0 N–H and O–H groups in total. The van der Waals surface area contributed by atoms with Crippen molar-refractivity contribution in [2.24, 2.45) is 4.99 Å². The first kappa shape index (κ1) is 63.9. The van der Waals surface area contributed by atoms with Gasteiger partial charge in [-0.1, -0.05) is 231 Å². The summed E-state index contributed by atoms with van der Waals surface area (Å²) >= 11 is 1.86. The van der Waals surface area contributed by atoms with Crippen LogP contribution in [0.3, 0.4) is 0 Å². The molecule has 7 aromatic heterocycles. The Labute approximate surface area is 634 Å². The van der Waals surface area contributed by atoms with Crippen molar-refractivity contribution in [2.45, 2.75) is 38.3 Å². The lowest BCUT2D eigenvalue weighted by atomic mass is 9.84. The molecule has 17 aromatic rings. The number of pyridine rings is 5. The first-order chi connectivity index (χ1) is 53.9. The van der Waals surface area contributed by atoms with Gasteiger partial charge in [-0.15, -0.1) is 11.3 Å². The number of aromatic nitrogens is 5. The minimum atomic E-state index is -0.191. The number of para-hydroxylation sites is 2. The highest BCUT2D eigenvalue weighted by Crippen LogP contribution is 2.49. The second-order valence-electron chi connectivity index (χ2n) is 28.7. The van der Waals surface area contributed by atoms with Crippen LogP contribution in [0, 0.1) is 0 Å². The monoisotopic (exact) mass is 1420 g/mol. The quantitative estimate of drug-likeness (QED) is 0.119. The zero-order valence-corrected chi connectivity index (χ0v) is 60.4. The fraction of sp³-hybridized carbons (Fsp3) is 0.0707. The largest absolute Gasteiger partial charge is 0.454 e. The molecular formula is C99H67N7O2S. The highest BCUT2D eigenvalue weighted by molar-refractivity contribution is 7.26. The van der Waals surface area contributed by atoms with Crippen LogP contribution in [0.15, 0.2) is 348 Å². The van der Waals surface area contributed by atoms with Crippen molar-refractivity contribution in [1.82, 2.24) is 29.8 Å². The molecule has 0 fully saturated rings. The number of thiophene rings is 1. The highest BCUT2D eigenvalue weighted by atomic mass is 32.1. The summed E-state index contributed by atoms with van der Waals surface area (Å²) in [5.41, 5.74) is 31.6. The molecule has 21 rings (SSSR count). The van der Waals surface area contributed by atoms with Crippen molar-refractivity contribution >= 4 is 76.1 Å². The van der Waals surface area contributed by atoms with E-state index >= 15 is 0 Å². The Bertz CT molecular complexity index is 6660. The van der Waals surface area contributed by atoms with Gasteiger partial charge in [0.05, 0.1) is 39.7 Å². The van der Waals surface area contributed by atoms with E-state index in [1.165, 1.54) is 64.7 Å². The molecule has 1 atom stereocenters. The Morgan fingerprint density at radius 2 is 1.05 bits per heavy atom. The van der Waals surface area contributed by atoms with E-state index in [9.17, 15) is 0 Å². The van der Waals surface area contributed by atoms with Gasteiger partial charge in [0.15, 0.2) is 11.3 Å². The third-order valence-electron chi connectivity index (χ3n) is 22.2. The Kier molecular flexibility index (Phi) is 15.5. The Morgan fingerprint density at radius 1 is 0.422 bits per heavy atom. The Morgan fingerprint density at radius 3 is 1.83 bits per heavy atom. The fourth-order valence-corrected chi connectivity index (χ4v) is 17.9. The van der Waals surface area contributed by atoms with Crippen molar-refractivity contribution in [3.8, 4) is 101 Å². The Hall–Kier alpha value is -13.5. The van der Waals surface area contributed by atoms with Crippen LogP contribution >= 0.6 is 11.3 Å². The predicted octanol–water partition coefficient (Wildman–Crippen LogP) is 25.1. The third kappa shape index (κ3) is 11.5. The Balaban J connectivity index is 0.570. The number of furan rings is 1. The molecule has 0 saturated carbocycles. The molecule has 0 spiro atoms. The fourth-order valence-electron chi connectivity index (χ4n) is 16.7. The van der Waals surface area contributed by atoms with Gasteiger partial charge in [0.1, 0.15) is 28.9 Å². The molecule has 109 heavy (non-hydrogen) atoms. The van der Waals surface area contributed by atoms with Gasteiger partial charge in [0.2, 0.25) is 0 Å². The molecule has 9 heterocycles. The molecule has 1 unspecified atom stereocenters. The predicted molar refractivity (Wildman–Crippen MR) is 446 cm³/mol. The van der Waals surface area contributed by atoms with Gasteiger partial charge in [-0.2, -0.15) is 0 Å².